The van der Waals surface area contributed by atoms with Crippen molar-refractivity contribution in [3.63, 3.8) is 0 Å². The van der Waals surface area contributed by atoms with Crippen LogP contribution in [0.1, 0.15) is 42.9 Å². The number of hydrogen-bond acceptors (Lipinski definition) is 3. The minimum Gasteiger partial charge on any atom is -0.494 e. The summed E-state index contributed by atoms with van der Waals surface area (Å²) in [5.41, 5.74) is 8.91. The van der Waals surface area contributed by atoms with E-state index in [0.717, 1.165) is 33.9 Å². The van der Waals surface area contributed by atoms with E-state index < -0.39 is 0 Å². The van der Waals surface area contributed by atoms with Crippen molar-refractivity contribution in [2.45, 2.75) is 40.0 Å². The number of benzene rings is 1. The SMILES string of the molecule is CCOc1cc(C)c(Cl)c(C)c1C(C)CC(CN)CO. The van der Waals surface area contributed by atoms with Crippen LogP contribution in [0.3, 0.4) is 0 Å². The van der Waals surface area contributed by atoms with Crippen molar-refractivity contribution in [1.82, 2.24) is 0 Å². The van der Waals surface area contributed by atoms with E-state index in [1.54, 1.807) is 0 Å². The average molecular weight is 300 g/mol. The summed E-state index contributed by atoms with van der Waals surface area (Å²) in [5.74, 6) is 1.25. The highest BCUT2D eigenvalue weighted by molar-refractivity contribution is 6.32. The first-order valence-corrected chi connectivity index (χ1v) is 7.57. The van der Waals surface area contributed by atoms with Crippen LogP contribution in [-0.2, 0) is 0 Å². The van der Waals surface area contributed by atoms with Crippen LogP contribution < -0.4 is 10.5 Å². The molecule has 0 bridgehead atoms. The molecule has 0 aromatic heterocycles. The molecule has 0 radical (unpaired) electrons. The van der Waals surface area contributed by atoms with Gasteiger partial charge in [0.15, 0.2) is 0 Å². The molecule has 0 fully saturated rings. The van der Waals surface area contributed by atoms with Gasteiger partial charge >= 0.3 is 0 Å². The largest absolute Gasteiger partial charge is 0.494 e. The molecule has 20 heavy (non-hydrogen) atoms. The first-order valence-electron chi connectivity index (χ1n) is 7.19. The highest BCUT2D eigenvalue weighted by Crippen LogP contribution is 2.38. The van der Waals surface area contributed by atoms with Gasteiger partial charge in [-0.2, -0.15) is 0 Å². The monoisotopic (exact) mass is 299 g/mol. The first-order chi connectivity index (χ1) is 9.46. The third-order valence-electron chi connectivity index (χ3n) is 3.76. The highest BCUT2D eigenvalue weighted by atomic mass is 35.5. The van der Waals surface area contributed by atoms with Crippen LogP contribution in [-0.4, -0.2) is 24.9 Å². The molecule has 4 heteroatoms. The molecule has 0 heterocycles. The van der Waals surface area contributed by atoms with Crippen molar-refractivity contribution in [3.8, 4) is 5.75 Å². The van der Waals surface area contributed by atoms with Gasteiger partial charge < -0.3 is 15.6 Å². The van der Waals surface area contributed by atoms with Crippen LogP contribution >= 0.6 is 11.6 Å². The van der Waals surface area contributed by atoms with E-state index in [1.165, 1.54) is 0 Å². The topological polar surface area (TPSA) is 55.5 Å². The molecule has 0 aliphatic heterocycles. The molecule has 0 saturated carbocycles. The summed E-state index contributed by atoms with van der Waals surface area (Å²) >= 11 is 6.37. The van der Waals surface area contributed by atoms with Crippen molar-refractivity contribution >= 4 is 11.6 Å². The minimum atomic E-state index is 0.110. The summed E-state index contributed by atoms with van der Waals surface area (Å²) in [6.07, 6.45) is 0.827. The maximum absolute atomic E-state index is 9.33. The van der Waals surface area contributed by atoms with Crippen molar-refractivity contribution in [1.29, 1.82) is 0 Å². The molecule has 1 rings (SSSR count). The first kappa shape index (κ1) is 17.3. The molecule has 3 N–H and O–H groups in total. The second-order valence-corrected chi connectivity index (χ2v) is 5.78. The fourth-order valence-electron chi connectivity index (χ4n) is 2.69. The predicted octanol–water partition coefficient (Wildman–Crippen LogP) is 3.42. The predicted molar refractivity (Wildman–Crippen MR) is 84.8 cm³/mol. The molecule has 2 unspecified atom stereocenters. The summed E-state index contributed by atoms with van der Waals surface area (Å²) in [7, 11) is 0. The molecule has 1 aromatic rings. The van der Waals surface area contributed by atoms with Crippen LogP contribution in [0, 0.1) is 19.8 Å². The molecule has 0 aliphatic rings. The van der Waals surface area contributed by atoms with E-state index in [-0.39, 0.29) is 18.4 Å². The van der Waals surface area contributed by atoms with Gasteiger partial charge in [0, 0.05) is 17.2 Å². The van der Waals surface area contributed by atoms with Crippen molar-refractivity contribution < 1.29 is 9.84 Å². The summed E-state index contributed by atoms with van der Waals surface area (Å²) < 4.78 is 5.77. The molecule has 114 valence electrons. The standard InChI is InChI=1S/C16H26ClNO2/c1-5-20-14-7-11(3)16(17)12(4)15(14)10(2)6-13(8-18)9-19/h7,10,13,19H,5-6,8-9,18H2,1-4H3. The smallest absolute Gasteiger partial charge is 0.123 e. The molecular formula is C16H26ClNO2. The van der Waals surface area contributed by atoms with E-state index >= 15 is 0 Å². The summed E-state index contributed by atoms with van der Waals surface area (Å²) in [6.45, 7) is 9.36. The molecular weight excluding hydrogens is 274 g/mol. The second kappa shape index (κ2) is 7.87. The summed E-state index contributed by atoms with van der Waals surface area (Å²) in [5, 5.41) is 10.1. The number of halogens is 1. The molecule has 0 amide bonds. The Morgan fingerprint density at radius 3 is 2.55 bits per heavy atom. The van der Waals surface area contributed by atoms with Crippen LogP contribution in [0.2, 0.25) is 5.02 Å². The van der Waals surface area contributed by atoms with Crippen LogP contribution in [0.15, 0.2) is 6.07 Å². The molecule has 0 saturated heterocycles. The van der Waals surface area contributed by atoms with Gasteiger partial charge in [-0.05, 0) is 62.8 Å². The lowest BCUT2D eigenvalue weighted by Crippen LogP contribution is -2.20. The van der Waals surface area contributed by atoms with Crippen molar-refractivity contribution in [3.05, 3.63) is 27.8 Å². The number of aliphatic hydroxyl groups excluding tert-OH is 1. The van der Waals surface area contributed by atoms with Gasteiger partial charge in [0.1, 0.15) is 5.75 Å². The van der Waals surface area contributed by atoms with E-state index in [4.69, 9.17) is 22.1 Å². The molecule has 0 spiro atoms. The normalized spacial score (nSPS) is 14.2. The number of hydrogen-bond donors (Lipinski definition) is 2. The Balaban J connectivity index is 3.16. The maximum atomic E-state index is 9.33. The van der Waals surface area contributed by atoms with Crippen molar-refractivity contribution in [2.75, 3.05) is 19.8 Å². The number of nitrogens with two attached hydrogens (primary N) is 1. The highest BCUT2D eigenvalue weighted by Gasteiger charge is 2.21. The zero-order valence-corrected chi connectivity index (χ0v) is 13.6. The van der Waals surface area contributed by atoms with Crippen LogP contribution in [0.25, 0.3) is 0 Å². The van der Waals surface area contributed by atoms with E-state index in [0.29, 0.717) is 13.2 Å². The minimum absolute atomic E-state index is 0.110. The Kier molecular flexibility index (Phi) is 6.80. The Bertz CT molecular complexity index is 445. The lowest BCUT2D eigenvalue weighted by molar-refractivity contribution is 0.216. The third kappa shape index (κ3) is 3.87. The Hall–Kier alpha value is -0.770. The summed E-state index contributed by atoms with van der Waals surface area (Å²) in [6, 6.07) is 2.00. The Morgan fingerprint density at radius 1 is 1.40 bits per heavy atom. The van der Waals surface area contributed by atoms with E-state index in [1.807, 2.05) is 26.8 Å². The fraction of sp³-hybridized carbons (Fsp3) is 0.625. The number of aliphatic hydroxyl groups is 1. The van der Waals surface area contributed by atoms with Gasteiger partial charge in [-0.15, -0.1) is 0 Å². The lowest BCUT2D eigenvalue weighted by atomic mass is 9.86. The molecule has 3 nitrogen and oxygen atoms in total. The number of aryl methyl sites for hydroxylation is 1. The van der Waals surface area contributed by atoms with Gasteiger partial charge in [0.2, 0.25) is 0 Å². The van der Waals surface area contributed by atoms with Gasteiger partial charge in [0.25, 0.3) is 0 Å². The Morgan fingerprint density at radius 2 is 2.05 bits per heavy atom. The molecule has 1 aromatic carbocycles. The zero-order valence-electron chi connectivity index (χ0n) is 12.9. The summed E-state index contributed by atoms with van der Waals surface area (Å²) in [4.78, 5) is 0. The molecule has 2 atom stereocenters. The van der Waals surface area contributed by atoms with Gasteiger partial charge in [-0.3, -0.25) is 0 Å². The van der Waals surface area contributed by atoms with Gasteiger partial charge in [-0.1, -0.05) is 18.5 Å². The number of rotatable bonds is 7. The number of ether oxygens (including phenoxy) is 1. The average Bonchev–Trinajstić information content (AvgIpc) is 2.42. The van der Waals surface area contributed by atoms with Gasteiger partial charge in [0.05, 0.1) is 6.61 Å². The lowest BCUT2D eigenvalue weighted by Gasteiger charge is -2.24. The van der Waals surface area contributed by atoms with Gasteiger partial charge in [-0.25, -0.2) is 0 Å². The quantitative estimate of drug-likeness (QED) is 0.811. The Labute approximate surface area is 127 Å². The van der Waals surface area contributed by atoms with E-state index in [2.05, 4.69) is 6.92 Å². The van der Waals surface area contributed by atoms with Crippen molar-refractivity contribution in [2.24, 2.45) is 11.7 Å². The van der Waals surface area contributed by atoms with Crippen LogP contribution in [0.5, 0.6) is 5.75 Å². The molecule has 0 aliphatic carbocycles. The maximum Gasteiger partial charge on any atom is 0.123 e. The second-order valence-electron chi connectivity index (χ2n) is 5.40. The van der Waals surface area contributed by atoms with E-state index in [9.17, 15) is 5.11 Å². The fourth-order valence-corrected chi connectivity index (χ4v) is 2.84. The van der Waals surface area contributed by atoms with Crippen LogP contribution in [0.4, 0.5) is 0 Å². The zero-order chi connectivity index (χ0) is 15.3. The third-order valence-corrected chi connectivity index (χ3v) is 4.35.